The summed E-state index contributed by atoms with van der Waals surface area (Å²) < 4.78 is 7.28. The SMILES string of the molecule is C.CC(C)(C)c1ccc(N(c2ccc(C(C)(C)C)cc2)c2ccc3c(c2)C2(c4cc(Cl)ccc4-c4ccc(Cl)cc42)c2cc(N(c4ccc(C(C)(C)C)cc4)c4ccc(C(C)(C)C)cc4)c4oc5ccccc5c4c2-3)cc1. The molecular weight excluding hydrogens is 980 g/mol. The molecule has 0 saturated carbocycles. The molecule has 0 aliphatic heterocycles. The third kappa shape index (κ3) is 8.48. The maximum Gasteiger partial charge on any atom is 0.160 e. The number of anilines is 6. The molecular formula is C72H70Cl2N2O. The van der Waals surface area contributed by atoms with Gasteiger partial charge in [-0.15, -0.1) is 0 Å². The van der Waals surface area contributed by atoms with Gasteiger partial charge in [-0.05, 0) is 185 Å². The minimum Gasteiger partial charge on any atom is -0.454 e. The molecule has 0 N–H and O–H groups in total. The highest BCUT2D eigenvalue weighted by atomic mass is 35.5. The second-order valence-electron chi connectivity index (χ2n) is 25.3. The Bertz CT molecular complexity index is 3740. The third-order valence-electron chi connectivity index (χ3n) is 16.2. The number of fused-ring (bicyclic) bond motifs is 14. The predicted octanol–water partition coefficient (Wildman–Crippen LogP) is 22.0. The molecule has 10 aromatic rings. The van der Waals surface area contributed by atoms with E-state index in [-0.39, 0.29) is 29.1 Å². The smallest absolute Gasteiger partial charge is 0.160 e. The van der Waals surface area contributed by atoms with Gasteiger partial charge in [0.25, 0.3) is 0 Å². The van der Waals surface area contributed by atoms with Gasteiger partial charge in [0.1, 0.15) is 5.58 Å². The van der Waals surface area contributed by atoms with E-state index in [0.29, 0.717) is 10.0 Å². The maximum atomic E-state index is 7.28. The van der Waals surface area contributed by atoms with E-state index in [1.54, 1.807) is 0 Å². The van der Waals surface area contributed by atoms with E-state index in [1.807, 2.05) is 12.1 Å². The molecule has 9 aromatic carbocycles. The number of halogens is 2. The Morgan fingerprint density at radius 2 is 0.753 bits per heavy atom. The van der Waals surface area contributed by atoms with Gasteiger partial charge in [0.15, 0.2) is 5.58 Å². The Morgan fingerprint density at radius 3 is 1.18 bits per heavy atom. The van der Waals surface area contributed by atoms with Gasteiger partial charge in [-0.2, -0.15) is 0 Å². The summed E-state index contributed by atoms with van der Waals surface area (Å²) in [6, 6.07) is 67.4. The average Bonchev–Trinajstić information content (AvgIpc) is 4.13. The third-order valence-corrected chi connectivity index (χ3v) is 16.7. The van der Waals surface area contributed by atoms with Crippen molar-refractivity contribution in [1.82, 2.24) is 0 Å². The molecule has 0 unspecified atom stereocenters. The maximum absolute atomic E-state index is 7.28. The quantitative estimate of drug-likeness (QED) is 0.165. The number of hydrogen-bond donors (Lipinski definition) is 0. The summed E-state index contributed by atoms with van der Waals surface area (Å²) in [5, 5.41) is 3.49. The summed E-state index contributed by atoms with van der Waals surface area (Å²) in [6.45, 7) is 27.3. The van der Waals surface area contributed by atoms with Crippen molar-refractivity contribution < 1.29 is 4.42 Å². The lowest BCUT2D eigenvalue weighted by molar-refractivity contribution is 0.590. The first-order valence-electron chi connectivity index (χ1n) is 26.8. The number of para-hydroxylation sites is 1. The van der Waals surface area contributed by atoms with E-state index in [0.717, 1.165) is 101 Å². The first-order valence-corrected chi connectivity index (χ1v) is 27.5. The number of hydrogen-bond acceptors (Lipinski definition) is 3. The first-order chi connectivity index (χ1) is 36.0. The zero-order valence-electron chi connectivity index (χ0n) is 45.9. The molecule has 1 heterocycles. The monoisotopic (exact) mass is 1050 g/mol. The lowest BCUT2D eigenvalue weighted by Gasteiger charge is -2.34. The first kappa shape index (κ1) is 52.0. The minimum absolute atomic E-state index is 0. The van der Waals surface area contributed by atoms with E-state index in [1.165, 1.54) is 22.3 Å². The fraction of sp³-hybridized carbons (Fsp3) is 0.250. The molecule has 0 fully saturated rings. The van der Waals surface area contributed by atoms with E-state index >= 15 is 0 Å². The van der Waals surface area contributed by atoms with Crippen LogP contribution in [0.15, 0.2) is 186 Å². The van der Waals surface area contributed by atoms with Crippen molar-refractivity contribution in [2.24, 2.45) is 0 Å². The van der Waals surface area contributed by atoms with Gasteiger partial charge in [0.2, 0.25) is 0 Å². The topological polar surface area (TPSA) is 19.6 Å². The molecule has 0 saturated heterocycles. The van der Waals surface area contributed by atoms with E-state index in [4.69, 9.17) is 27.6 Å². The van der Waals surface area contributed by atoms with Crippen LogP contribution in [0.4, 0.5) is 34.1 Å². The summed E-state index contributed by atoms with van der Waals surface area (Å²) in [4.78, 5) is 4.82. The van der Waals surface area contributed by atoms with E-state index in [9.17, 15) is 0 Å². The van der Waals surface area contributed by atoms with Crippen LogP contribution in [0.1, 0.15) is 135 Å². The molecule has 2 aliphatic carbocycles. The summed E-state index contributed by atoms with van der Waals surface area (Å²) in [6.07, 6.45) is 0. The van der Waals surface area contributed by atoms with Crippen LogP contribution in [0.5, 0.6) is 0 Å². The number of rotatable bonds is 6. The highest BCUT2D eigenvalue weighted by Crippen LogP contribution is 2.67. The highest BCUT2D eigenvalue weighted by molar-refractivity contribution is 6.31. The number of furan rings is 1. The van der Waals surface area contributed by atoms with E-state index in [2.05, 4.69) is 263 Å². The Kier molecular flexibility index (Phi) is 12.4. The van der Waals surface area contributed by atoms with Crippen LogP contribution in [0.25, 0.3) is 44.2 Å². The summed E-state index contributed by atoms with van der Waals surface area (Å²) >= 11 is 14.5. The zero-order valence-corrected chi connectivity index (χ0v) is 47.4. The molecule has 388 valence electrons. The van der Waals surface area contributed by atoms with Crippen LogP contribution < -0.4 is 9.80 Å². The van der Waals surface area contributed by atoms with Gasteiger partial charge in [-0.3, -0.25) is 0 Å². The standard InChI is InChI=1S/C71H66Cl2N2O.CH4/c1-67(2,3)43-17-27-49(28-18-43)74(50-29-19-44(20-30-50)68(4,5)6)53-35-38-56-60(41-53)71(58-39-47(72)25-36-54(58)55-37-26-48(73)40-59(55)71)61-42-62(66-65(64(56)61)57-15-13-14-16-63(57)76-66)75(51-31-21-45(22-32-51)69(7,8)9)52-33-23-46(24-34-52)70(10,11)12;/h13-42H,1-12H3;1H4. The number of nitrogens with zero attached hydrogens (tertiary/aromatic N) is 2. The molecule has 0 radical (unpaired) electrons. The lowest BCUT2D eigenvalue weighted by Crippen LogP contribution is -2.27. The molecule has 1 spiro atoms. The molecule has 0 bridgehead atoms. The average molecular weight is 1050 g/mol. The van der Waals surface area contributed by atoms with E-state index < -0.39 is 5.41 Å². The van der Waals surface area contributed by atoms with Gasteiger partial charge in [0.05, 0.1) is 11.1 Å². The molecule has 0 amide bonds. The Hall–Kier alpha value is -7.04. The van der Waals surface area contributed by atoms with Gasteiger partial charge >= 0.3 is 0 Å². The van der Waals surface area contributed by atoms with Gasteiger partial charge in [0, 0.05) is 49.3 Å². The summed E-state index contributed by atoms with van der Waals surface area (Å²) in [5.41, 5.74) is 21.2. The van der Waals surface area contributed by atoms with Gasteiger partial charge in [-0.1, -0.05) is 199 Å². The molecule has 0 atom stereocenters. The highest BCUT2D eigenvalue weighted by Gasteiger charge is 2.54. The van der Waals surface area contributed by atoms with Gasteiger partial charge < -0.3 is 14.2 Å². The molecule has 77 heavy (non-hydrogen) atoms. The van der Waals surface area contributed by atoms with Crippen molar-refractivity contribution in [1.29, 1.82) is 0 Å². The fourth-order valence-electron chi connectivity index (χ4n) is 12.1. The molecule has 1 aromatic heterocycles. The second kappa shape index (κ2) is 18.3. The number of benzene rings is 9. The molecule has 12 rings (SSSR count). The minimum atomic E-state index is -0.863. The van der Waals surface area contributed by atoms with Crippen LogP contribution in [0, 0.1) is 0 Å². The van der Waals surface area contributed by atoms with Crippen LogP contribution in [-0.4, -0.2) is 0 Å². The molecule has 5 heteroatoms. The van der Waals surface area contributed by atoms with Crippen LogP contribution in [0.2, 0.25) is 10.0 Å². The summed E-state index contributed by atoms with van der Waals surface area (Å²) in [5.74, 6) is 0. The van der Waals surface area contributed by atoms with Crippen molar-refractivity contribution in [2.75, 3.05) is 9.80 Å². The molecule has 2 aliphatic rings. The molecule has 3 nitrogen and oxygen atoms in total. The van der Waals surface area contributed by atoms with Crippen LogP contribution in [-0.2, 0) is 27.1 Å². The van der Waals surface area contributed by atoms with Crippen molar-refractivity contribution >= 4 is 79.3 Å². The van der Waals surface area contributed by atoms with Crippen molar-refractivity contribution in [3.63, 3.8) is 0 Å². The van der Waals surface area contributed by atoms with Crippen LogP contribution >= 0.6 is 23.2 Å². The lowest BCUT2D eigenvalue weighted by atomic mass is 9.70. The normalized spacial score (nSPS) is 13.6. The van der Waals surface area contributed by atoms with Crippen molar-refractivity contribution in [3.8, 4) is 22.3 Å². The second-order valence-corrected chi connectivity index (χ2v) is 26.2. The Labute approximate surface area is 467 Å². The Balaban J connectivity index is 0.00000631. The van der Waals surface area contributed by atoms with Crippen molar-refractivity contribution in [2.45, 2.75) is 118 Å². The summed E-state index contributed by atoms with van der Waals surface area (Å²) in [7, 11) is 0. The largest absolute Gasteiger partial charge is 0.454 e. The van der Waals surface area contributed by atoms with Gasteiger partial charge in [-0.25, -0.2) is 0 Å². The zero-order chi connectivity index (χ0) is 53.4. The fourth-order valence-corrected chi connectivity index (χ4v) is 12.5. The van der Waals surface area contributed by atoms with Crippen LogP contribution in [0.3, 0.4) is 0 Å². The predicted molar refractivity (Wildman–Crippen MR) is 331 cm³/mol. The Morgan fingerprint density at radius 1 is 0.377 bits per heavy atom. The van der Waals surface area contributed by atoms with Crippen molar-refractivity contribution in [3.05, 3.63) is 237 Å².